The zero-order valence-corrected chi connectivity index (χ0v) is 16.2. The third kappa shape index (κ3) is 4.02. The summed E-state index contributed by atoms with van der Waals surface area (Å²) >= 11 is 0. The summed E-state index contributed by atoms with van der Waals surface area (Å²) in [6, 6.07) is 9.59. The average molecular weight is 377 g/mol. The SMILES string of the molecule is CC1(C)O[C@@H]2[C@H](O1)[C@H](/C=[N+](/[O-])Cc1ccccc1)O[C@@H]2[C@H]1COC(C)(C)O1. The molecule has 7 nitrogen and oxygen atoms in total. The third-order valence-electron chi connectivity index (χ3n) is 5.02. The zero-order chi connectivity index (χ0) is 19.2. The van der Waals surface area contributed by atoms with Gasteiger partial charge in [0.2, 0.25) is 0 Å². The Balaban J connectivity index is 1.52. The maximum Gasteiger partial charge on any atom is 0.183 e. The second-order valence-electron chi connectivity index (χ2n) is 8.21. The molecule has 0 aliphatic carbocycles. The average Bonchev–Trinajstić information content (AvgIpc) is 3.20. The number of fused-ring (bicyclic) bond motifs is 1. The predicted octanol–water partition coefficient (Wildman–Crippen LogP) is 2.21. The number of benzene rings is 1. The molecule has 5 atom stereocenters. The molecule has 0 N–H and O–H groups in total. The van der Waals surface area contributed by atoms with Crippen molar-refractivity contribution >= 4 is 6.21 Å². The molecule has 3 saturated heterocycles. The number of rotatable bonds is 4. The first-order chi connectivity index (χ1) is 12.7. The number of nitrogens with zero attached hydrogens (tertiary/aromatic N) is 1. The van der Waals surface area contributed by atoms with Crippen molar-refractivity contribution in [3.63, 3.8) is 0 Å². The maximum absolute atomic E-state index is 12.5. The molecule has 3 heterocycles. The molecule has 0 bridgehead atoms. The lowest BCUT2D eigenvalue weighted by Gasteiger charge is -2.26. The van der Waals surface area contributed by atoms with Gasteiger partial charge in [0.25, 0.3) is 0 Å². The fourth-order valence-corrected chi connectivity index (χ4v) is 3.94. The van der Waals surface area contributed by atoms with Gasteiger partial charge in [-0.1, -0.05) is 30.3 Å². The molecule has 0 amide bonds. The van der Waals surface area contributed by atoms with Crippen LogP contribution in [0.4, 0.5) is 0 Å². The standard InChI is InChI=1S/C20H27NO6/c1-19(2)23-12-15(25-19)16-18-17(26-20(3,4)27-18)14(24-16)11-21(22)10-13-8-6-5-7-9-13/h5-9,11,14-18H,10,12H2,1-4H3/b21-11+/t14-,15+,16+,17+,18-/m0/s1. The Morgan fingerprint density at radius 2 is 1.70 bits per heavy atom. The van der Waals surface area contributed by atoms with Crippen LogP contribution in [-0.4, -0.2) is 59.7 Å². The van der Waals surface area contributed by atoms with Crippen LogP contribution < -0.4 is 0 Å². The molecule has 0 unspecified atom stereocenters. The van der Waals surface area contributed by atoms with Gasteiger partial charge in [0, 0.05) is 5.56 Å². The quantitative estimate of drug-likeness (QED) is 0.347. The Morgan fingerprint density at radius 3 is 2.37 bits per heavy atom. The lowest BCUT2D eigenvalue weighted by molar-refractivity contribution is -0.473. The van der Waals surface area contributed by atoms with Crippen molar-refractivity contribution in [2.45, 2.75) is 76.3 Å². The first-order valence-corrected chi connectivity index (χ1v) is 9.38. The van der Waals surface area contributed by atoms with Crippen LogP contribution in [0.15, 0.2) is 30.3 Å². The Kier molecular flexibility index (Phi) is 4.76. The number of hydroxylamine groups is 1. The van der Waals surface area contributed by atoms with Gasteiger partial charge in [-0.05, 0) is 27.7 Å². The van der Waals surface area contributed by atoms with Gasteiger partial charge in [-0.2, -0.15) is 0 Å². The third-order valence-corrected chi connectivity index (χ3v) is 5.02. The molecule has 0 saturated carbocycles. The first-order valence-electron chi connectivity index (χ1n) is 9.38. The molecule has 1 aromatic carbocycles. The normalized spacial score (nSPS) is 37.5. The molecule has 3 aliphatic heterocycles. The predicted molar refractivity (Wildman–Crippen MR) is 97.2 cm³/mol. The van der Waals surface area contributed by atoms with Crippen molar-refractivity contribution in [1.29, 1.82) is 0 Å². The maximum atomic E-state index is 12.5. The summed E-state index contributed by atoms with van der Waals surface area (Å²) in [5.74, 6) is -1.39. The van der Waals surface area contributed by atoms with E-state index in [2.05, 4.69) is 0 Å². The van der Waals surface area contributed by atoms with Crippen molar-refractivity contribution in [3.05, 3.63) is 41.1 Å². The highest BCUT2D eigenvalue weighted by molar-refractivity contribution is 5.60. The number of hydrogen-bond donors (Lipinski definition) is 0. The van der Waals surface area contributed by atoms with E-state index in [9.17, 15) is 5.21 Å². The van der Waals surface area contributed by atoms with Crippen molar-refractivity contribution in [2.75, 3.05) is 6.61 Å². The topological polar surface area (TPSA) is 72.2 Å². The van der Waals surface area contributed by atoms with E-state index in [-0.39, 0.29) is 31.0 Å². The monoisotopic (exact) mass is 377 g/mol. The minimum atomic E-state index is -0.731. The van der Waals surface area contributed by atoms with E-state index in [1.54, 1.807) is 0 Å². The van der Waals surface area contributed by atoms with E-state index < -0.39 is 17.7 Å². The molecular weight excluding hydrogens is 350 g/mol. The van der Waals surface area contributed by atoms with Gasteiger partial charge in [-0.3, -0.25) is 0 Å². The van der Waals surface area contributed by atoms with Gasteiger partial charge >= 0.3 is 0 Å². The van der Waals surface area contributed by atoms with Crippen LogP contribution in [0, 0.1) is 5.21 Å². The van der Waals surface area contributed by atoms with Crippen molar-refractivity contribution in [3.8, 4) is 0 Å². The minimum absolute atomic E-state index is 0.253. The summed E-state index contributed by atoms with van der Waals surface area (Å²) in [6.07, 6.45) is -0.257. The Labute approximate surface area is 159 Å². The fourth-order valence-electron chi connectivity index (χ4n) is 3.94. The van der Waals surface area contributed by atoms with Gasteiger partial charge in [-0.25, -0.2) is 4.74 Å². The molecule has 3 aliphatic rings. The van der Waals surface area contributed by atoms with Crippen molar-refractivity contribution in [1.82, 2.24) is 0 Å². The number of ether oxygens (including phenoxy) is 5. The minimum Gasteiger partial charge on any atom is -0.624 e. The number of hydrogen-bond acceptors (Lipinski definition) is 6. The highest BCUT2D eigenvalue weighted by Crippen LogP contribution is 2.41. The van der Waals surface area contributed by atoms with Crippen LogP contribution in [0.5, 0.6) is 0 Å². The first kappa shape index (κ1) is 18.8. The van der Waals surface area contributed by atoms with E-state index >= 15 is 0 Å². The van der Waals surface area contributed by atoms with E-state index in [1.165, 1.54) is 6.21 Å². The summed E-state index contributed by atoms with van der Waals surface area (Å²) in [5.41, 5.74) is 0.938. The lowest BCUT2D eigenvalue weighted by atomic mass is 10.0. The molecular formula is C20H27NO6. The van der Waals surface area contributed by atoms with Crippen LogP contribution in [-0.2, 0) is 30.2 Å². The second kappa shape index (κ2) is 6.83. The molecule has 0 radical (unpaired) electrons. The Hall–Kier alpha value is -1.51. The Bertz CT molecular complexity index is 704. The second-order valence-corrected chi connectivity index (χ2v) is 8.21. The van der Waals surface area contributed by atoms with Gasteiger partial charge < -0.3 is 28.9 Å². The van der Waals surface area contributed by atoms with Gasteiger partial charge in [0.1, 0.15) is 24.4 Å². The highest BCUT2D eigenvalue weighted by Gasteiger charge is 2.59. The molecule has 27 heavy (non-hydrogen) atoms. The zero-order valence-electron chi connectivity index (χ0n) is 16.2. The van der Waals surface area contributed by atoms with E-state index in [1.807, 2.05) is 58.0 Å². The fraction of sp³-hybridized carbons (Fsp3) is 0.650. The summed E-state index contributed by atoms with van der Waals surface area (Å²) in [6.45, 7) is 8.16. The van der Waals surface area contributed by atoms with Gasteiger partial charge in [0.15, 0.2) is 30.4 Å². The van der Waals surface area contributed by atoms with Crippen LogP contribution >= 0.6 is 0 Å². The summed E-state index contributed by atoms with van der Waals surface area (Å²) in [7, 11) is 0. The highest BCUT2D eigenvalue weighted by atomic mass is 16.8. The molecule has 7 heteroatoms. The lowest BCUT2D eigenvalue weighted by Crippen LogP contribution is -2.40. The summed E-state index contributed by atoms with van der Waals surface area (Å²) in [5, 5.41) is 12.5. The molecule has 4 rings (SSSR count). The van der Waals surface area contributed by atoms with Crippen molar-refractivity contribution in [2.24, 2.45) is 0 Å². The van der Waals surface area contributed by atoms with Crippen LogP contribution in [0.1, 0.15) is 33.3 Å². The van der Waals surface area contributed by atoms with Gasteiger partial charge in [-0.15, -0.1) is 0 Å². The molecule has 0 aromatic heterocycles. The molecule has 3 fully saturated rings. The smallest absolute Gasteiger partial charge is 0.183 e. The van der Waals surface area contributed by atoms with Crippen molar-refractivity contribution < 1.29 is 28.4 Å². The van der Waals surface area contributed by atoms with E-state index in [0.29, 0.717) is 6.61 Å². The van der Waals surface area contributed by atoms with E-state index in [0.717, 1.165) is 10.3 Å². The summed E-state index contributed by atoms with van der Waals surface area (Å²) in [4.78, 5) is 0. The Morgan fingerprint density at radius 1 is 1.00 bits per heavy atom. The molecule has 0 spiro atoms. The molecule has 148 valence electrons. The van der Waals surface area contributed by atoms with Crippen LogP contribution in [0.2, 0.25) is 0 Å². The van der Waals surface area contributed by atoms with E-state index in [4.69, 9.17) is 23.7 Å². The largest absolute Gasteiger partial charge is 0.624 e. The summed E-state index contributed by atoms with van der Waals surface area (Å²) < 4.78 is 30.8. The van der Waals surface area contributed by atoms with Crippen LogP contribution in [0.3, 0.4) is 0 Å². The van der Waals surface area contributed by atoms with Crippen LogP contribution in [0.25, 0.3) is 0 Å². The molecule has 1 aromatic rings. The van der Waals surface area contributed by atoms with Gasteiger partial charge in [0.05, 0.1) is 6.61 Å².